The van der Waals surface area contributed by atoms with E-state index in [1.807, 2.05) is 0 Å². The van der Waals surface area contributed by atoms with Crippen LogP contribution in [0.15, 0.2) is 54.3 Å². The fourth-order valence-corrected chi connectivity index (χ4v) is 3.17. The number of amides is 1. The molecule has 1 amide bonds. The number of aromatic nitrogens is 1. The Labute approximate surface area is 187 Å². The molecule has 0 unspecified atom stereocenters. The van der Waals surface area contributed by atoms with Crippen LogP contribution < -0.4 is 10.6 Å². The molecular weight excluding hydrogens is 450 g/mol. The number of alkyl halides is 2. The number of carbonyl (C=O) groups excluding carboxylic acids is 1. The van der Waals surface area contributed by atoms with Gasteiger partial charge in [0.2, 0.25) is 5.91 Å². The minimum Gasteiger partial charge on any atom is -0.360 e. The van der Waals surface area contributed by atoms with Gasteiger partial charge in [0.1, 0.15) is 12.4 Å². The van der Waals surface area contributed by atoms with Gasteiger partial charge in [-0.1, -0.05) is 23.8 Å². The van der Waals surface area contributed by atoms with Crippen LogP contribution in [0.4, 0.5) is 23.4 Å². The fraction of sp³-hybridized carbons (Fsp3) is 0.333. The van der Waals surface area contributed by atoms with Gasteiger partial charge in [0.05, 0.1) is 24.7 Å². The molecule has 6 nitrogen and oxygen atoms in total. The molecule has 2 aliphatic rings. The predicted octanol–water partition coefficient (Wildman–Crippen LogP) is 3.95. The highest BCUT2D eigenvalue weighted by molar-refractivity contribution is 6.31. The van der Waals surface area contributed by atoms with E-state index in [9.17, 15) is 22.4 Å². The molecule has 2 aliphatic heterocycles. The van der Waals surface area contributed by atoms with E-state index in [2.05, 4.69) is 15.6 Å². The van der Waals surface area contributed by atoms with Gasteiger partial charge in [-0.15, -0.1) is 0 Å². The lowest BCUT2D eigenvalue weighted by molar-refractivity contribution is -0.121. The first-order chi connectivity index (χ1) is 15.2. The summed E-state index contributed by atoms with van der Waals surface area (Å²) in [6.45, 7) is 0.769. The molecule has 0 spiro atoms. The third-order valence-electron chi connectivity index (χ3n) is 4.89. The summed E-state index contributed by atoms with van der Waals surface area (Å²) in [6.07, 6.45) is 9.79. The van der Waals surface area contributed by atoms with Crippen molar-refractivity contribution in [1.82, 2.24) is 20.1 Å². The molecule has 0 aliphatic carbocycles. The maximum absolute atomic E-state index is 14.8. The smallest absolute Gasteiger partial charge is 0.342 e. The molecule has 3 heterocycles. The zero-order chi connectivity index (χ0) is 23.3. The van der Waals surface area contributed by atoms with Crippen LogP contribution in [0.3, 0.4) is 0 Å². The molecule has 2 N–H and O–H groups in total. The van der Waals surface area contributed by atoms with Crippen LogP contribution in [0.25, 0.3) is 0 Å². The summed E-state index contributed by atoms with van der Waals surface area (Å²) in [4.78, 5) is 18.3. The van der Waals surface area contributed by atoms with Crippen molar-refractivity contribution in [2.45, 2.75) is 19.4 Å². The molecule has 0 saturated heterocycles. The average Bonchev–Trinajstić information content (AvgIpc) is 2.77. The van der Waals surface area contributed by atoms with Crippen LogP contribution in [0.5, 0.6) is 0 Å². The van der Waals surface area contributed by atoms with Crippen LogP contribution >= 0.6 is 11.6 Å². The third kappa shape index (κ3) is 5.82. The molecule has 32 heavy (non-hydrogen) atoms. The Morgan fingerprint density at radius 2 is 2.06 bits per heavy atom. The number of carbonyl (C=O) groups is 1. The standard InChI is InChI=1S/C21H22ClF4N5O/c1-14-5-8-30(11-17(14)23)13-29-18(32)9-15-16(22)10-27-20(19(15)24)28-12-21(25,26)31-6-3-2-4-7-31/h2-6,8,10H,7,9,11-13H2,1H3,(H,27,28)(H,29,32). The molecule has 0 saturated carbocycles. The van der Waals surface area contributed by atoms with Gasteiger partial charge >= 0.3 is 6.05 Å². The van der Waals surface area contributed by atoms with E-state index in [0.717, 1.165) is 11.1 Å². The van der Waals surface area contributed by atoms with Crippen LogP contribution in [-0.4, -0.2) is 53.0 Å². The van der Waals surface area contributed by atoms with E-state index in [4.69, 9.17) is 11.6 Å². The minimum atomic E-state index is -3.30. The average molecular weight is 472 g/mol. The molecular formula is C21H22ClF4N5O. The van der Waals surface area contributed by atoms with Crippen molar-refractivity contribution in [3.8, 4) is 0 Å². The molecule has 1 aromatic heterocycles. The second-order valence-corrected chi connectivity index (χ2v) is 7.68. The Hall–Kier alpha value is -3.01. The fourth-order valence-electron chi connectivity index (χ4n) is 2.98. The highest BCUT2D eigenvalue weighted by Crippen LogP contribution is 2.26. The van der Waals surface area contributed by atoms with Crippen LogP contribution in [-0.2, 0) is 11.2 Å². The van der Waals surface area contributed by atoms with Crippen molar-refractivity contribution in [2.24, 2.45) is 0 Å². The molecule has 3 rings (SSSR count). The monoisotopic (exact) mass is 471 g/mol. The lowest BCUT2D eigenvalue weighted by atomic mass is 10.1. The molecule has 172 valence electrons. The highest BCUT2D eigenvalue weighted by Gasteiger charge is 2.35. The van der Waals surface area contributed by atoms with E-state index in [1.54, 1.807) is 31.4 Å². The Morgan fingerprint density at radius 3 is 2.75 bits per heavy atom. The van der Waals surface area contributed by atoms with E-state index in [1.165, 1.54) is 17.2 Å². The molecule has 1 aromatic rings. The van der Waals surface area contributed by atoms with Crippen molar-refractivity contribution >= 4 is 23.3 Å². The number of halogens is 5. The maximum Gasteiger partial charge on any atom is 0.342 e. The number of pyridine rings is 1. The van der Waals surface area contributed by atoms with Gasteiger partial charge in [-0.3, -0.25) is 4.79 Å². The number of rotatable bonds is 8. The Balaban J connectivity index is 1.59. The normalized spacial score (nSPS) is 16.1. The van der Waals surface area contributed by atoms with Crippen molar-refractivity contribution in [3.05, 3.63) is 70.7 Å². The second kappa shape index (κ2) is 10.1. The zero-order valence-electron chi connectivity index (χ0n) is 17.2. The summed E-state index contributed by atoms with van der Waals surface area (Å²) in [6, 6.07) is -3.30. The summed E-state index contributed by atoms with van der Waals surface area (Å²) in [5.74, 6) is -2.30. The first-order valence-corrected chi connectivity index (χ1v) is 10.1. The molecule has 0 bridgehead atoms. The van der Waals surface area contributed by atoms with Crippen LogP contribution in [0.1, 0.15) is 12.5 Å². The first-order valence-electron chi connectivity index (χ1n) is 9.76. The van der Waals surface area contributed by atoms with E-state index >= 15 is 0 Å². The predicted molar refractivity (Wildman–Crippen MR) is 114 cm³/mol. The number of nitrogens with zero attached hydrogens (tertiary/aromatic N) is 3. The Bertz CT molecular complexity index is 993. The SMILES string of the molecule is CC1=C(F)CN(CNC(=O)Cc2c(Cl)cnc(NCC(F)(F)N3C=CC=CC3)c2F)C=C1. The van der Waals surface area contributed by atoms with Crippen LogP contribution in [0.2, 0.25) is 5.02 Å². The number of nitrogens with one attached hydrogen (secondary N) is 2. The summed E-state index contributed by atoms with van der Waals surface area (Å²) >= 11 is 5.98. The zero-order valence-corrected chi connectivity index (χ0v) is 18.0. The first kappa shape index (κ1) is 23.6. The summed E-state index contributed by atoms with van der Waals surface area (Å²) in [5.41, 5.74) is 0.332. The topological polar surface area (TPSA) is 60.5 Å². The van der Waals surface area contributed by atoms with Gasteiger partial charge in [-0.05, 0) is 24.6 Å². The minimum absolute atomic E-state index is 0.00941. The Kier molecular flexibility index (Phi) is 7.44. The van der Waals surface area contributed by atoms with E-state index < -0.39 is 36.6 Å². The molecule has 11 heteroatoms. The summed E-state index contributed by atoms with van der Waals surface area (Å²) in [5, 5.41) is 4.73. The quantitative estimate of drug-likeness (QED) is 0.444. The largest absolute Gasteiger partial charge is 0.360 e. The number of hydrogen-bond donors (Lipinski definition) is 2. The maximum atomic E-state index is 14.8. The Morgan fingerprint density at radius 1 is 1.28 bits per heavy atom. The van der Waals surface area contributed by atoms with Crippen LogP contribution in [0, 0.1) is 5.82 Å². The molecule has 0 radical (unpaired) electrons. The molecule has 0 atom stereocenters. The number of hydrogen-bond acceptors (Lipinski definition) is 5. The van der Waals surface area contributed by atoms with Gasteiger partial charge < -0.3 is 20.4 Å². The lowest BCUT2D eigenvalue weighted by Crippen LogP contribution is -2.44. The van der Waals surface area contributed by atoms with E-state index in [0.29, 0.717) is 5.57 Å². The lowest BCUT2D eigenvalue weighted by Gasteiger charge is -2.30. The number of anilines is 1. The highest BCUT2D eigenvalue weighted by atomic mass is 35.5. The second-order valence-electron chi connectivity index (χ2n) is 7.27. The van der Waals surface area contributed by atoms with Gasteiger partial charge in [0, 0.05) is 30.7 Å². The summed E-state index contributed by atoms with van der Waals surface area (Å²) in [7, 11) is 0. The van der Waals surface area contributed by atoms with Gasteiger partial charge in [-0.25, -0.2) is 13.8 Å². The van der Waals surface area contributed by atoms with Crippen molar-refractivity contribution in [3.63, 3.8) is 0 Å². The molecule has 0 fully saturated rings. The number of allylic oxidation sites excluding steroid dienone is 4. The van der Waals surface area contributed by atoms with Crippen molar-refractivity contribution < 1.29 is 22.4 Å². The van der Waals surface area contributed by atoms with E-state index in [-0.39, 0.29) is 36.2 Å². The third-order valence-corrected chi connectivity index (χ3v) is 5.22. The van der Waals surface area contributed by atoms with Crippen molar-refractivity contribution in [1.29, 1.82) is 0 Å². The van der Waals surface area contributed by atoms with Gasteiger partial charge in [-0.2, -0.15) is 8.78 Å². The summed E-state index contributed by atoms with van der Waals surface area (Å²) < 4.78 is 57.2. The molecule has 0 aromatic carbocycles. The van der Waals surface area contributed by atoms with Crippen molar-refractivity contribution in [2.75, 3.05) is 31.6 Å². The van der Waals surface area contributed by atoms with Gasteiger partial charge in [0.25, 0.3) is 0 Å². The van der Waals surface area contributed by atoms with Gasteiger partial charge in [0.15, 0.2) is 11.6 Å².